The molecule has 7 rings (SSSR count). The largest absolute Gasteiger partial charge is 0.354 e. The minimum absolute atomic E-state index is 0.378. The van der Waals surface area contributed by atoms with Gasteiger partial charge in [-0.3, -0.25) is 0 Å². The molecule has 0 fully saturated rings. The maximum Gasteiger partial charge on any atom is 0.133 e. The van der Waals surface area contributed by atoms with Crippen molar-refractivity contribution in [3.05, 3.63) is 144 Å². The van der Waals surface area contributed by atoms with Crippen LogP contribution in [0, 0.1) is 25.5 Å². The third kappa shape index (κ3) is 4.13. The van der Waals surface area contributed by atoms with Crippen molar-refractivity contribution in [1.29, 1.82) is 0 Å². The van der Waals surface area contributed by atoms with Crippen molar-refractivity contribution >= 4 is 21.8 Å². The molecule has 1 aromatic heterocycles. The molecule has 0 saturated carbocycles. The van der Waals surface area contributed by atoms with E-state index < -0.39 is 11.6 Å². The number of para-hydroxylation sites is 1. The Bertz CT molecular complexity index is 2070. The third-order valence-electron chi connectivity index (χ3n) is 8.10. The summed E-state index contributed by atoms with van der Waals surface area (Å²) in [5.41, 5.74) is 12.5. The summed E-state index contributed by atoms with van der Waals surface area (Å²) in [5.74, 6) is -1.15. The topological polar surface area (TPSA) is 15.8 Å². The van der Waals surface area contributed by atoms with Gasteiger partial charge in [0.25, 0.3) is 0 Å². The molecule has 0 saturated heterocycles. The van der Waals surface area contributed by atoms with E-state index in [4.69, 9.17) is 0 Å². The lowest BCUT2D eigenvalue weighted by molar-refractivity contribution is 0.585. The molecule has 0 bridgehead atoms. The van der Waals surface area contributed by atoms with Crippen LogP contribution in [0.1, 0.15) is 11.1 Å². The first-order chi connectivity index (χ1) is 20.0. The quantitative estimate of drug-likeness (QED) is 0.231. The van der Waals surface area contributed by atoms with Gasteiger partial charge in [-0.2, -0.15) is 0 Å². The molecule has 198 valence electrons. The number of H-pyrrole nitrogens is 1. The van der Waals surface area contributed by atoms with Gasteiger partial charge in [-0.15, -0.1) is 0 Å². The molecule has 0 unspecified atom stereocenters. The fourth-order valence-electron chi connectivity index (χ4n) is 6.20. The van der Waals surface area contributed by atoms with Gasteiger partial charge in [-0.1, -0.05) is 97.1 Å². The molecular weight excluding hydrogens is 508 g/mol. The Morgan fingerprint density at radius 1 is 0.537 bits per heavy atom. The zero-order valence-corrected chi connectivity index (χ0v) is 22.8. The highest BCUT2D eigenvalue weighted by Gasteiger charge is 2.24. The van der Waals surface area contributed by atoms with Gasteiger partial charge in [-0.25, -0.2) is 8.78 Å². The molecule has 41 heavy (non-hydrogen) atoms. The van der Waals surface area contributed by atoms with E-state index in [1.165, 1.54) is 56.3 Å². The molecule has 0 atom stereocenters. The van der Waals surface area contributed by atoms with E-state index in [1.54, 1.807) is 0 Å². The molecule has 1 N–H and O–H groups in total. The summed E-state index contributed by atoms with van der Waals surface area (Å²) in [6.45, 7) is 4.37. The van der Waals surface area contributed by atoms with Crippen LogP contribution in [-0.4, -0.2) is 4.98 Å². The van der Waals surface area contributed by atoms with Gasteiger partial charge in [0.05, 0.1) is 5.52 Å². The van der Waals surface area contributed by atoms with Gasteiger partial charge in [-0.05, 0) is 76.6 Å². The average Bonchev–Trinajstić information content (AvgIpc) is 3.37. The normalized spacial score (nSPS) is 11.4. The van der Waals surface area contributed by atoms with Crippen LogP contribution in [0.5, 0.6) is 0 Å². The molecular formula is C38H27F2N. The van der Waals surface area contributed by atoms with E-state index in [0.717, 1.165) is 28.2 Å². The number of nitrogens with one attached hydrogen (secondary N) is 1. The standard InChI is InChI=1S/C38H27F2N/c1-23-10-6-7-13-29(23)35-24(2)34(26-11-4-3-5-12-26)37-31-14-8-9-15-33(31)41-38(37)36(35)27-18-16-25(17-19-27)30-21-20-28(39)22-32(30)40/h3-22,41H,1-2H3. The Morgan fingerprint density at radius 3 is 1.95 bits per heavy atom. The Labute approximate surface area is 237 Å². The van der Waals surface area contributed by atoms with Crippen LogP contribution in [0.4, 0.5) is 8.78 Å². The number of aryl methyl sites for hydroxylation is 1. The number of halogens is 2. The summed E-state index contributed by atoms with van der Waals surface area (Å²) in [6.07, 6.45) is 0. The first-order valence-electron chi connectivity index (χ1n) is 13.8. The molecule has 1 heterocycles. The van der Waals surface area contributed by atoms with Crippen molar-refractivity contribution in [3.63, 3.8) is 0 Å². The zero-order valence-electron chi connectivity index (χ0n) is 22.8. The molecule has 0 aliphatic carbocycles. The van der Waals surface area contributed by atoms with E-state index >= 15 is 0 Å². The molecule has 0 spiro atoms. The van der Waals surface area contributed by atoms with Crippen LogP contribution in [-0.2, 0) is 0 Å². The summed E-state index contributed by atoms with van der Waals surface area (Å²) in [6, 6.07) is 39.2. The molecule has 0 aliphatic rings. The summed E-state index contributed by atoms with van der Waals surface area (Å²) < 4.78 is 28.2. The molecule has 6 aromatic carbocycles. The highest BCUT2D eigenvalue weighted by Crippen LogP contribution is 2.49. The third-order valence-corrected chi connectivity index (χ3v) is 8.10. The second-order valence-electron chi connectivity index (χ2n) is 10.6. The lowest BCUT2D eigenvalue weighted by Gasteiger charge is -2.21. The summed E-state index contributed by atoms with van der Waals surface area (Å²) in [4.78, 5) is 3.77. The zero-order chi connectivity index (χ0) is 28.1. The van der Waals surface area contributed by atoms with Gasteiger partial charge in [0.1, 0.15) is 11.6 Å². The van der Waals surface area contributed by atoms with E-state index in [0.29, 0.717) is 11.1 Å². The highest BCUT2D eigenvalue weighted by atomic mass is 19.1. The molecule has 0 amide bonds. The lowest BCUT2D eigenvalue weighted by atomic mass is 9.82. The summed E-state index contributed by atoms with van der Waals surface area (Å²) in [5, 5.41) is 2.36. The van der Waals surface area contributed by atoms with Crippen LogP contribution in [0.25, 0.3) is 66.3 Å². The number of aromatic nitrogens is 1. The first-order valence-corrected chi connectivity index (χ1v) is 13.8. The Balaban J connectivity index is 1.59. The van der Waals surface area contributed by atoms with Crippen molar-refractivity contribution in [2.45, 2.75) is 13.8 Å². The maximum absolute atomic E-state index is 14.6. The predicted octanol–water partition coefficient (Wildman–Crippen LogP) is 10.9. The van der Waals surface area contributed by atoms with Crippen molar-refractivity contribution in [3.8, 4) is 44.5 Å². The van der Waals surface area contributed by atoms with E-state index in [2.05, 4.69) is 91.6 Å². The average molecular weight is 536 g/mol. The Kier molecular flexibility index (Phi) is 6.01. The first kappa shape index (κ1) is 25.0. The molecule has 3 heteroatoms. The van der Waals surface area contributed by atoms with Crippen LogP contribution < -0.4 is 0 Å². The van der Waals surface area contributed by atoms with Crippen molar-refractivity contribution in [2.75, 3.05) is 0 Å². The summed E-state index contributed by atoms with van der Waals surface area (Å²) >= 11 is 0. The van der Waals surface area contributed by atoms with Crippen LogP contribution >= 0.6 is 0 Å². The molecule has 7 aromatic rings. The van der Waals surface area contributed by atoms with E-state index in [1.807, 2.05) is 30.3 Å². The van der Waals surface area contributed by atoms with Crippen LogP contribution in [0.2, 0.25) is 0 Å². The Hall–Kier alpha value is -5.02. The molecule has 1 nitrogen and oxygen atoms in total. The van der Waals surface area contributed by atoms with Gasteiger partial charge in [0.15, 0.2) is 0 Å². The number of fused-ring (bicyclic) bond motifs is 3. The molecule has 0 aliphatic heterocycles. The highest BCUT2D eigenvalue weighted by molar-refractivity contribution is 6.22. The molecule has 0 radical (unpaired) electrons. The van der Waals surface area contributed by atoms with Crippen molar-refractivity contribution in [2.24, 2.45) is 0 Å². The van der Waals surface area contributed by atoms with E-state index in [-0.39, 0.29) is 0 Å². The minimum atomic E-state index is -0.582. The second kappa shape index (κ2) is 9.87. The van der Waals surface area contributed by atoms with Crippen molar-refractivity contribution < 1.29 is 8.78 Å². The number of rotatable bonds is 4. The Morgan fingerprint density at radius 2 is 1.20 bits per heavy atom. The second-order valence-corrected chi connectivity index (χ2v) is 10.6. The van der Waals surface area contributed by atoms with Gasteiger partial charge in [0, 0.05) is 33.5 Å². The monoisotopic (exact) mass is 535 g/mol. The predicted molar refractivity (Wildman–Crippen MR) is 167 cm³/mol. The maximum atomic E-state index is 14.6. The smallest absolute Gasteiger partial charge is 0.133 e. The number of benzene rings is 6. The van der Waals surface area contributed by atoms with Gasteiger partial charge < -0.3 is 4.98 Å². The minimum Gasteiger partial charge on any atom is -0.354 e. The van der Waals surface area contributed by atoms with Crippen LogP contribution in [0.3, 0.4) is 0 Å². The summed E-state index contributed by atoms with van der Waals surface area (Å²) in [7, 11) is 0. The van der Waals surface area contributed by atoms with Crippen LogP contribution in [0.15, 0.2) is 121 Å². The number of hydrogen-bond acceptors (Lipinski definition) is 0. The van der Waals surface area contributed by atoms with Gasteiger partial charge >= 0.3 is 0 Å². The fraction of sp³-hybridized carbons (Fsp3) is 0.0526. The number of aromatic amines is 1. The number of hydrogen-bond donors (Lipinski definition) is 1. The van der Waals surface area contributed by atoms with Crippen molar-refractivity contribution in [1.82, 2.24) is 4.98 Å². The SMILES string of the molecule is Cc1ccccc1-c1c(C)c(-c2ccccc2)c2c([nH]c3ccccc32)c1-c1ccc(-c2ccc(F)cc2F)cc1. The van der Waals surface area contributed by atoms with E-state index in [9.17, 15) is 8.78 Å². The lowest BCUT2D eigenvalue weighted by Crippen LogP contribution is -1.97. The van der Waals surface area contributed by atoms with Gasteiger partial charge in [0.2, 0.25) is 0 Å². The fourth-order valence-corrected chi connectivity index (χ4v) is 6.20.